The minimum absolute atomic E-state index is 0.0982. The lowest BCUT2D eigenvalue weighted by atomic mass is 9.98. The Labute approximate surface area is 143 Å². The van der Waals surface area contributed by atoms with Crippen LogP contribution in [0.25, 0.3) is 0 Å². The predicted molar refractivity (Wildman–Crippen MR) is 94.2 cm³/mol. The molecule has 1 amide bonds. The Bertz CT molecular complexity index is 760. The van der Waals surface area contributed by atoms with Crippen LogP contribution in [0.3, 0.4) is 0 Å². The molecule has 1 saturated heterocycles. The van der Waals surface area contributed by atoms with Gasteiger partial charge in [0.15, 0.2) is 0 Å². The third-order valence-electron chi connectivity index (χ3n) is 4.68. The second-order valence-electron chi connectivity index (χ2n) is 6.35. The van der Waals surface area contributed by atoms with Gasteiger partial charge in [-0.2, -0.15) is 4.31 Å². The van der Waals surface area contributed by atoms with Gasteiger partial charge in [-0.25, -0.2) is 8.42 Å². The number of nitrogens with zero attached hydrogens (tertiary/aromatic N) is 2. The van der Waals surface area contributed by atoms with Gasteiger partial charge in [0.1, 0.15) is 6.04 Å². The molecule has 0 spiro atoms. The maximum atomic E-state index is 12.4. The topological polar surface area (TPSA) is 69.7 Å². The van der Waals surface area contributed by atoms with Crippen LogP contribution >= 0.6 is 0 Å². The van der Waals surface area contributed by atoms with Gasteiger partial charge in [0.05, 0.1) is 6.26 Å². The number of carbonyl (C=O) groups is 1. The molecule has 3 rings (SSSR count). The lowest BCUT2D eigenvalue weighted by molar-refractivity contribution is -0.127. The Morgan fingerprint density at radius 1 is 1.38 bits per heavy atom. The van der Waals surface area contributed by atoms with Crippen molar-refractivity contribution in [2.24, 2.45) is 0 Å². The van der Waals surface area contributed by atoms with Crippen LogP contribution in [0.2, 0.25) is 0 Å². The number of carbonyl (C=O) groups excluding carboxylic acids is 1. The molecule has 6 nitrogen and oxygen atoms in total. The highest BCUT2D eigenvalue weighted by Gasteiger charge is 2.32. The molecule has 1 N–H and O–H groups in total. The first-order valence-corrected chi connectivity index (χ1v) is 9.97. The van der Waals surface area contributed by atoms with E-state index in [1.54, 1.807) is 11.0 Å². The van der Waals surface area contributed by atoms with Crippen molar-refractivity contribution >= 4 is 21.6 Å². The molecule has 0 bridgehead atoms. The lowest BCUT2D eigenvalue weighted by Gasteiger charge is -2.29. The number of hydrogen-bond acceptors (Lipinski definition) is 4. The van der Waals surface area contributed by atoms with Gasteiger partial charge in [-0.3, -0.25) is 4.79 Å². The van der Waals surface area contributed by atoms with E-state index in [0.717, 1.165) is 29.8 Å². The summed E-state index contributed by atoms with van der Waals surface area (Å²) in [6.45, 7) is 5.87. The molecule has 2 heterocycles. The molecule has 0 saturated carbocycles. The molecule has 130 valence electrons. The summed E-state index contributed by atoms with van der Waals surface area (Å²) in [6.07, 6.45) is 4.41. The number of sulfonamides is 1. The third kappa shape index (κ3) is 3.32. The Kier molecular flexibility index (Phi) is 4.64. The molecule has 2 aliphatic heterocycles. The first-order valence-electron chi connectivity index (χ1n) is 8.12. The molecular weight excluding hydrogens is 326 g/mol. The zero-order valence-corrected chi connectivity index (χ0v) is 14.7. The highest BCUT2D eigenvalue weighted by molar-refractivity contribution is 7.88. The summed E-state index contributed by atoms with van der Waals surface area (Å²) < 4.78 is 25.0. The summed E-state index contributed by atoms with van der Waals surface area (Å²) in [5.41, 5.74) is 3.07. The maximum absolute atomic E-state index is 12.4. The van der Waals surface area contributed by atoms with E-state index >= 15 is 0 Å². The van der Waals surface area contributed by atoms with Crippen LogP contribution < -0.4 is 5.32 Å². The number of likely N-dealkylation sites (tertiary alicyclic amines) is 1. The van der Waals surface area contributed by atoms with Gasteiger partial charge < -0.3 is 10.2 Å². The molecular formula is C17H23N3O3S. The number of benzene rings is 1. The van der Waals surface area contributed by atoms with Crippen molar-refractivity contribution in [3.05, 3.63) is 42.0 Å². The largest absolute Gasteiger partial charge is 0.373 e. The molecule has 7 heteroatoms. The molecule has 1 fully saturated rings. The highest BCUT2D eigenvalue weighted by atomic mass is 32.2. The first kappa shape index (κ1) is 17.0. The van der Waals surface area contributed by atoms with Gasteiger partial charge >= 0.3 is 0 Å². The van der Waals surface area contributed by atoms with Crippen molar-refractivity contribution < 1.29 is 13.2 Å². The van der Waals surface area contributed by atoms with Crippen molar-refractivity contribution in [1.29, 1.82) is 0 Å². The van der Waals surface area contributed by atoms with Crippen LogP contribution in [0.5, 0.6) is 0 Å². The summed E-state index contributed by atoms with van der Waals surface area (Å²) in [4.78, 5) is 14.2. The molecule has 0 radical (unpaired) electrons. The molecule has 0 aromatic heterocycles. The van der Waals surface area contributed by atoms with Crippen molar-refractivity contribution in [1.82, 2.24) is 9.21 Å². The average molecular weight is 349 g/mol. The van der Waals surface area contributed by atoms with Crippen molar-refractivity contribution in [2.75, 3.05) is 31.2 Å². The van der Waals surface area contributed by atoms with Crippen LogP contribution in [-0.4, -0.2) is 55.5 Å². The van der Waals surface area contributed by atoms with Gasteiger partial charge in [0, 0.05) is 31.9 Å². The van der Waals surface area contributed by atoms with E-state index in [2.05, 4.69) is 11.9 Å². The van der Waals surface area contributed by atoms with Crippen LogP contribution in [0.4, 0.5) is 5.69 Å². The molecule has 24 heavy (non-hydrogen) atoms. The zero-order valence-electron chi connectivity index (χ0n) is 13.9. The van der Waals surface area contributed by atoms with E-state index in [-0.39, 0.29) is 11.9 Å². The van der Waals surface area contributed by atoms with E-state index in [0.29, 0.717) is 26.1 Å². The van der Waals surface area contributed by atoms with Gasteiger partial charge in [-0.05, 0) is 30.0 Å². The fourth-order valence-corrected chi connectivity index (χ4v) is 4.20. The van der Waals surface area contributed by atoms with Crippen LogP contribution in [0, 0.1) is 0 Å². The molecule has 1 atom stereocenters. The maximum Gasteiger partial charge on any atom is 0.245 e. The fourth-order valence-electron chi connectivity index (χ4n) is 3.40. The number of nitrogens with one attached hydrogen (secondary N) is 1. The van der Waals surface area contributed by atoms with E-state index < -0.39 is 10.0 Å². The van der Waals surface area contributed by atoms with Crippen molar-refractivity contribution in [3.63, 3.8) is 0 Å². The number of rotatable bonds is 5. The van der Waals surface area contributed by atoms with Crippen LogP contribution in [0.1, 0.15) is 17.5 Å². The van der Waals surface area contributed by atoms with Gasteiger partial charge in [0.25, 0.3) is 0 Å². The zero-order chi connectivity index (χ0) is 17.3. The van der Waals surface area contributed by atoms with Gasteiger partial charge in [-0.15, -0.1) is 6.58 Å². The van der Waals surface area contributed by atoms with Gasteiger partial charge in [0.2, 0.25) is 15.9 Å². The van der Waals surface area contributed by atoms with Crippen LogP contribution in [0.15, 0.2) is 30.9 Å². The second kappa shape index (κ2) is 6.57. The van der Waals surface area contributed by atoms with E-state index in [1.165, 1.54) is 10.6 Å². The van der Waals surface area contributed by atoms with E-state index in [4.69, 9.17) is 0 Å². The molecule has 1 aromatic rings. The average Bonchev–Trinajstić information content (AvgIpc) is 2.87. The minimum Gasteiger partial charge on any atom is -0.373 e. The molecule has 2 aliphatic rings. The summed E-state index contributed by atoms with van der Waals surface area (Å²) in [6, 6.07) is 5.62. The SMILES string of the molecule is C=CCN1CC[C@H](Nc2cccc3c2CCN(S(C)(=O)=O)C3)C1=O. The summed E-state index contributed by atoms with van der Waals surface area (Å²) in [7, 11) is -3.18. The van der Waals surface area contributed by atoms with E-state index in [9.17, 15) is 13.2 Å². The molecule has 1 aromatic carbocycles. The smallest absolute Gasteiger partial charge is 0.245 e. The number of hydrogen-bond donors (Lipinski definition) is 1. The summed E-state index contributed by atoms with van der Waals surface area (Å²) in [5.74, 6) is 0.0982. The summed E-state index contributed by atoms with van der Waals surface area (Å²) >= 11 is 0. The van der Waals surface area contributed by atoms with Crippen LogP contribution in [-0.2, 0) is 27.8 Å². The Hall–Kier alpha value is -1.86. The van der Waals surface area contributed by atoms with Crippen molar-refractivity contribution in [2.45, 2.75) is 25.4 Å². The minimum atomic E-state index is -3.18. The Morgan fingerprint density at radius 2 is 2.17 bits per heavy atom. The summed E-state index contributed by atoms with van der Waals surface area (Å²) in [5, 5.41) is 3.37. The molecule has 0 aliphatic carbocycles. The van der Waals surface area contributed by atoms with E-state index in [1.807, 2.05) is 18.2 Å². The first-order chi connectivity index (χ1) is 11.4. The highest BCUT2D eigenvalue weighted by Crippen LogP contribution is 2.29. The predicted octanol–water partition coefficient (Wildman–Crippen LogP) is 1.20. The quantitative estimate of drug-likeness (QED) is 0.811. The monoisotopic (exact) mass is 349 g/mol. The number of anilines is 1. The number of fused-ring (bicyclic) bond motifs is 1. The van der Waals surface area contributed by atoms with Gasteiger partial charge in [-0.1, -0.05) is 18.2 Å². The standard InChI is InChI=1S/C17H23N3O3S/c1-3-9-19-10-8-16(17(19)21)18-15-6-4-5-13-12-20(24(2,22)23)11-7-14(13)15/h3-6,16,18H,1,7-12H2,2H3/t16-/m0/s1. The fraction of sp³-hybridized carbons (Fsp3) is 0.471. The number of amides is 1. The Morgan fingerprint density at radius 3 is 2.88 bits per heavy atom. The molecule has 0 unspecified atom stereocenters. The third-order valence-corrected chi connectivity index (χ3v) is 5.93. The second-order valence-corrected chi connectivity index (χ2v) is 8.33. The Balaban J connectivity index is 1.77. The lowest BCUT2D eigenvalue weighted by Crippen LogP contribution is -2.36. The van der Waals surface area contributed by atoms with Crippen molar-refractivity contribution in [3.8, 4) is 0 Å². The normalized spacial score (nSPS) is 21.6.